The number of nitrogens with one attached hydrogen (secondary N) is 2. The lowest BCUT2D eigenvalue weighted by molar-refractivity contribution is -0.115. The molecular weight excluding hydrogens is 502 g/mol. The molecule has 1 aromatic heterocycles. The number of hydrogen-bond donors (Lipinski definition) is 2. The SMILES string of the molecule is O=C(/C=C/c1ccc(-c2ccc(Cl)cc2Cl)o1)NC(=S)Nc1ccc(Br)cc1F. The summed E-state index contributed by atoms with van der Waals surface area (Å²) in [6, 6.07) is 12.9. The van der Waals surface area contributed by atoms with E-state index in [0.29, 0.717) is 31.6 Å². The summed E-state index contributed by atoms with van der Waals surface area (Å²) in [5.41, 5.74) is 0.833. The third-order valence-electron chi connectivity index (χ3n) is 3.64. The van der Waals surface area contributed by atoms with Crippen LogP contribution < -0.4 is 10.6 Å². The van der Waals surface area contributed by atoms with E-state index in [9.17, 15) is 9.18 Å². The van der Waals surface area contributed by atoms with E-state index in [4.69, 9.17) is 39.8 Å². The summed E-state index contributed by atoms with van der Waals surface area (Å²) in [4.78, 5) is 12.0. The molecule has 0 spiro atoms. The summed E-state index contributed by atoms with van der Waals surface area (Å²) in [5.74, 6) is -0.0217. The van der Waals surface area contributed by atoms with Gasteiger partial charge in [-0.3, -0.25) is 10.1 Å². The number of carbonyl (C=O) groups excluding carboxylic acids is 1. The van der Waals surface area contributed by atoms with E-state index >= 15 is 0 Å². The molecular formula is C20H12BrCl2FN2O2S. The van der Waals surface area contributed by atoms with Crippen molar-refractivity contribution in [2.75, 3.05) is 5.32 Å². The number of carbonyl (C=O) groups is 1. The molecule has 0 aliphatic carbocycles. The zero-order chi connectivity index (χ0) is 21.0. The highest BCUT2D eigenvalue weighted by Gasteiger charge is 2.09. The highest BCUT2D eigenvalue weighted by Crippen LogP contribution is 2.31. The van der Waals surface area contributed by atoms with Gasteiger partial charge in [-0.25, -0.2) is 4.39 Å². The third-order valence-corrected chi connectivity index (χ3v) is 4.88. The Bertz CT molecular complexity index is 1120. The standard InChI is InChI=1S/C20H12BrCl2FN2O2S/c21-11-1-6-17(16(24)9-11)25-20(29)26-19(27)8-4-13-3-7-18(28-13)14-5-2-12(22)10-15(14)23/h1-10H,(H2,25,26,27,29)/b8-4+. The Kier molecular flexibility index (Phi) is 7.08. The van der Waals surface area contributed by atoms with Gasteiger partial charge in [-0.15, -0.1) is 0 Å². The quantitative estimate of drug-likeness (QED) is 0.301. The minimum absolute atomic E-state index is 0.0334. The summed E-state index contributed by atoms with van der Waals surface area (Å²) < 4.78 is 20.1. The van der Waals surface area contributed by atoms with Crippen LogP contribution in [0.1, 0.15) is 5.76 Å². The molecule has 0 fully saturated rings. The smallest absolute Gasteiger partial charge is 0.250 e. The number of halogens is 4. The van der Waals surface area contributed by atoms with Crippen LogP contribution in [0, 0.1) is 5.82 Å². The fourth-order valence-electron chi connectivity index (χ4n) is 2.33. The van der Waals surface area contributed by atoms with E-state index in [1.165, 1.54) is 24.3 Å². The van der Waals surface area contributed by atoms with Crippen LogP contribution in [0.4, 0.5) is 10.1 Å². The number of furan rings is 1. The number of hydrogen-bond acceptors (Lipinski definition) is 3. The fraction of sp³-hybridized carbons (Fsp3) is 0. The van der Waals surface area contributed by atoms with Crippen LogP contribution in [-0.4, -0.2) is 11.0 Å². The monoisotopic (exact) mass is 512 g/mol. The van der Waals surface area contributed by atoms with Gasteiger partial charge in [0.1, 0.15) is 17.3 Å². The van der Waals surface area contributed by atoms with E-state index in [1.807, 2.05) is 0 Å². The Balaban J connectivity index is 1.60. The zero-order valence-corrected chi connectivity index (χ0v) is 18.4. The van der Waals surface area contributed by atoms with Gasteiger partial charge in [0.05, 0.1) is 10.7 Å². The lowest BCUT2D eigenvalue weighted by Crippen LogP contribution is -2.33. The molecule has 0 atom stereocenters. The van der Waals surface area contributed by atoms with Gasteiger partial charge in [-0.1, -0.05) is 39.1 Å². The van der Waals surface area contributed by atoms with Crippen molar-refractivity contribution in [3.05, 3.63) is 80.7 Å². The maximum Gasteiger partial charge on any atom is 0.250 e. The lowest BCUT2D eigenvalue weighted by Gasteiger charge is -2.09. The van der Waals surface area contributed by atoms with Crippen molar-refractivity contribution in [1.29, 1.82) is 0 Å². The normalized spacial score (nSPS) is 10.9. The van der Waals surface area contributed by atoms with Gasteiger partial charge in [-0.2, -0.15) is 0 Å². The van der Waals surface area contributed by atoms with Crippen molar-refractivity contribution in [2.24, 2.45) is 0 Å². The van der Waals surface area contributed by atoms with Crippen LogP contribution in [0.25, 0.3) is 17.4 Å². The molecule has 2 aromatic carbocycles. The summed E-state index contributed by atoms with van der Waals surface area (Å²) >= 11 is 20.3. The van der Waals surface area contributed by atoms with Gasteiger partial charge in [0.2, 0.25) is 5.91 Å². The second kappa shape index (κ2) is 9.54. The Morgan fingerprint density at radius 3 is 2.66 bits per heavy atom. The minimum Gasteiger partial charge on any atom is -0.457 e. The Hall–Kier alpha value is -2.19. The van der Waals surface area contributed by atoms with Crippen molar-refractivity contribution < 1.29 is 13.6 Å². The summed E-state index contributed by atoms with van der Waals surface area (Å²) in [6.45, 7) is 0. The van der Waals surface area contributed by atoms with Crippen LogP contribution in [0.15, 0.2) is 63.5 Å². The van der Waals surface area contributed by atoms with E-state index in [2.05, 4.69) is 26.6 Å². The predicted molar refractivity (Wildman–Crippen MR) is 122 cm³/mol. The van der Waals surface area contributed by atoms with Crippen molar-refractivity contribution in [2.45, 2.75) is 0 Å². The van der Waals surface area contributed by atoms with Crippen LogP contribution in [-0.2, 0) is 4.79 Å². The van der Waals surface area contributed by atoms with Crippen LogP contribution in [0.3, 0.4) is 0 Å². The Labute approximate surface area is 189 Å². The number of anilines is 1. The molecule has 2 N–H and O–H groups in total. The lowest BCUT2D eigenvalue weighted by atomic mass is 10.2. The van der Waals surface area contributed by atoms with E-state index in [-0.39, 0.29) is 10.8 Å². The molecule has 148 valence electrons. The first-order chi connectivity index (χ1) is 13.8. The van der Waals surface area contributed by atoms with Gasteiger partial charge >= 0.3 is 0 Å². The topological polar surface area (TPSA) is 54.3 Å². The summed E-state index contributed by atoms with van der Waals surface area (Å²) in [7, 11) is 0. The molecule has 0 aliphatic rings. The molecule has 0 aliphatic heterocycles. The molecule has 1 amide bonds. The van der Waals surface area contributed by atoms with Gasteiger partial charge in [0.15, 0.2) is 5.11 Å². The van der Waals surface area contributed by atoms with Gasteiger partial charge in [-0.05, 0) is 66.8 Å². The van der Waals surface area contributed by atoms with Gasteiger partial charge in [0.25, 0.3) is 0 Å². The largest absolute Gasteiger partial charge is 0.457 e. The first kappa shape index (κ1) is 21.5. The molecule has 0 saturated heterocycles. The van der Waals surface area contributed by atoms with Crippen molar-refractivity contribution in [3.8, 4) is 11.3 Å². The second-order valence-electron chi connectivity index (χ2n) is 5.73. The Morgan fingerprint density at radius 2 is 1.93 bits per heavy atom. The molecule has 3 aromatic rings. The minimum atomic E-state index is -0.504. The molecule has 9 heteroatoms. The van der Waals surface area contributed by atoms with Crippen LogP contribution >= 0.6 is 51.3 Å². The van der Waals surface area contributed by atoms with Gasteiger partial charge < -0.3 is 9.73 Å². The zero-order valence-electron chi connectivity index (χ0n) is 14.5. The van der Waals surface area contributed by atoms with Crippen LogP contribution in [0.5, 0.6) is 0 Å². The summed E-state index contributed by atoms with van der Waals surface area (Å²) in [6.07, 6.45) is 2.73. The van der Waals surface area contributed by atoms with Crippen molar-refractivity contribution in [1.82, 2.24) is 5.32 Å². The molecule has 1 heterocycles. The van der Waals surface area contributed by atoms with Crippen molar-refractivity contribution >= 4 is 74.1 Å². The summed E-state index contributed by atoms with van der Waals surface area (Å²) in [5, 5.41) is 6.00. The van der Waals surface area contributed by atoms with E-state index in [0.717, 1.165) is 0 Å². The molecule has 0 saturated carbocycles. The van der Waals surface area contributed by atoms with E-state index < -0.39 is 11.7 Å². The second-order valence-corrected chi connectivity index (χ2v) is 7.89. The average Bonchev–Trinajstić information content (AvgIpc) is 3.11. The Morgan fingerprint density at radius 1 is 1.14 bits per heavy atom. The first-order valence-electron chi connectivity index (χ1n) is 8.12. The molecule has 0 bridgehead atoms. The molecule has 0 radical (unpaired) electrons. The number of thiocarbonyl (C=S) groups is 1. The first-order valence-corrected chi connectivity index (χ1v) is 10.1. The van der Waals surface area contributed by atoms with Crippen molar-refractivity contribution in [3.63, 3.8) is 0 Å². The maximum absolute atomic E-state index is 13.8. The molecule has 4 nitrogen and oxygen atoms in total. The number of rotatable bonds is 4. The molecule has 29 heavy (non-hydrogen) atoms. The fourth-order valence-corrected chi connectivity index (χ4v) is 3.38. The highest BCUT2D eigenvalue weighted by atomic mass is 79.9. The maximum atomic E-state index is 13.8. The third kappa shape index (κ3) is 5.90. The molecule has 0 unspecified atom stereocenters. The highest BCUT2D eigenvalue weighted by molar-refractivity contribution is 9.10. The van der Waals surface area contributed by atoms with E-state index in [1.54, 1.807) is 36.4 Å². The predicted octanol–water partition coefficient (Wildman–Crippen LogP) is 6.68. The van der Waals surface area contributed by atoms with Crippen LogP contribution in [0.2, 0.25) is 10.0 Å². The number of amides is 1. The average molecular weight is 514 g/mol. The number of benzene rings is 2. The van der Waals surface area contributed by atoms with Gasteiger partial charge in [0, 0.05) is 21.1 Å². The molecule has 3 rings (SSSR count).